The molecule has 4 aromatic rings. The van der Waals surface area contributed by atoms with Crippen molar-refractivity contribution in [3.63, 3.8) is 0 Å². The van der Waals surface area contributed by atoms with E-state index in [1.54, 1.807) is 10.9 Å². The molecule has 31 heavy (non-hydrogen) atoms. The van der Waals surface area contributed by atoms with E-state index in [1.165, 1.54) is 6.33 Å². The van der Waals surface area contributed by atoms with E-state index in [1.807, 2.05) is 37.3 Å². The molecule has 0 unspecified atom stereocenters. The fourth-order valence-corrected chi connectivity index (χ4v) is 4.14. The fourth-order valence-electron chi connectivity index (χ4n) is 4.14. The molecule has 3 heterocycles. The third kappa shape index (κ3) is 3.30. The van der Waals surface area contributed by atoms with Crippen LogP contribution < -0.4 is 10.9 Å². The lowest BCUT2D eigenvalue weighted by Crippen LogP contribution is -2.32. The lowest BCUT2D eigenvalue weighted by atomic mass is 9.96. The van der Waals surface area contributed by atoms with E-state index in [4.69, 9.17) is 4.98 Å². The van der Waals surface area contributed by atoms with Crippen LogP contribution in [0.3, 0.4) is 0 Å². The molecule has 0 radical (unpaired) electrons. The highest BCUT2D eigenvalue weighted by atomic mass is 16.1. The number of H-pyrrole nitrogens is 1. The number of hydrogen-bond acceptors (Lipinski definition) is 6. The summed E-state index contributed by atoms with van der Waals surface area (Å²) in [5.41, 5.74) is 4.65. The fraction of sp³-hybridized carbons (Fsp3) is 0.261. The van der Waals surface area contributed by atoms with Gasteiger partial charge in [-0.05, 0) is 43.9 Å². The van der Waals surface area contributed by atoms with E-state index in [9.17, 15) is 4.79 Å². The van der Waals surface area contributed by atoms with Gasteiger partial charge in [0.1, 0.15) is 17.7 Å². The van der Waals surface area contributed by atoms with Gasteiger partial charge in [-0.1, -0.05) is 31.2 Å². The number of hydrogen-bond donors (Lipinski definition) is 2. The maximum Gasteiger partial charge on any atom is 0.265 e. The van der Waals surface area contributed by atoms with Gasteiger partial charge in [0.2, 0.25) is 0 Å². The first kappa shape index (κ1) is 19.2. The summed E-state index contributed by atoms with van der Waals surface area (Å²) in [5, 5.41) is 3.47. The Morgan fingerprint density at radius 3 is 2.84 bits per heavy atom. The maximum absolute atomic E-state index is 13.7. The van der Waals surface area contributed by atoms with Crippen molar-refractivity contribution in [2.45, 2.75) is 39.2 Å². The van der Waals surface area contributed by atoms with Crippen molar-refractivity contribution < 1.29 is 0 Å². The number of allylic oxidation sites excluding steroid dienone is 2. The van der Waals surface area contributed by atoms with Crippen molar-refractivity contribution in [3.8, 4) is 5.69 Å². The Morgan fingerprint density at radius 2 is 2.03 bits per heavy atom. The number of imidazole rings is 1. The molecule has 1 aliphatic rings. The van der Waals surface area contributed by atoms with Crippen molar-refractivity contribution in [1.82, 2.24) is 29.5 Å². The molecular weight excluding hydrogens is 390 g/mol. The number of para-hydroxylation sites is 1. The number of aromatic nitrogens is 6. The van der Waals surface area contributed by atoms with E-state index >= 15 is 0 Å². The summed E-state index contributed by atoms with van der Waals surface area (Å²) >= 11 is 0. The second-order valence-corrected chi connectivity index (χ2v) is 7.62. The van der Waals surface area contributed by atoms with Crippen LogP contribution in [0.15, 0.2) is 53.9 Å². The molecular formula is C23H23N7O. The number of aromatic amines is 1. The minimum absolute atomic E-state index is 0.0331. The first-order valence-electron chi connectivity index (χ1n) is 10.5. The van der Waals surface area contributed by atoms with Crippen LogP contribution in [-0.4, -0.2) is 29.5 Å². The quantitative estimate of drug-likeness (QED) is 0.516. The number of nitrogens with zero attached hydrogens (tertiary/aromatic N) is 5. The van der Waals surface area contributed by atoms with Gasteiger partial charge in [0, 0.05) is 0 Å². The zero-order valence-corrected chi connectivity index (χ0v) is 17.5. The molecule has 3 aromatic heterocycles. The van der Waals surface area contributed by atoms with Crippen LogP contribution in [0, 0.1) is 0 Å². The van der Waals surface area contributed by atoms with E-state index in [2.05, 4.69) is 38.3 Å². The molecule has 0 saturated heterocycles. The van der Waals surface area contributed by atoms with Crippen LogP contribution in [0.25, 0.3) is 22.4 Å². The normalized spacial score (nSPS) is 14.2. The van der Waals surface area contributed by atoms with Crippen LogP contribution in [0.5, 0.6) is 0 Å². The Balaban J connectivity index is 1.70. The highest BCUT2D eigenvalue weighted by Gasteiger charge is 2.25. The highest BCUT2D eigenvalue weighted by Crippen LogP contribution is 2.28. The van der Waals surface area contributed by atoms with Gasteiger partial charge in [-0.25, -0.2) is 19.9 Å². The van der Waals surface area contributed by atoms with E-state index < -0.39 is 0 Å². The van der Waals surface area contributed by atoms with Crippen LogP contribution >= 0.6 is 0 Å². The van der Waals surface area contributed by atoms with E-state index in [-0.39, 0.29) is 11.6 Å². The zero-order chi connectivity index (χ0) is 21.4. The first-order chi connectivity index (χ1) is 15.2. The summed E-state index contributed by atoms with van der Waals surface area (Å²) in [6, 6.07) is 9.44. The SMILES string of the molecule is CC[C@H](Nc1ncnc2nc[nH]c12)c1nc2c(c(=O)n1-c1ccccc1)C(C)=CCC2. The van der Waals surface area contributed by atoms with Gasteiger partial charge in [0.05, 0.1) is 29.3 Å². The van der Waals surface area contributed by atoms with Crippen LogP contribution in [0.2, 0.25) is 0 Å². The van der Waals surface area contributed by atoms with Crippen molar-refractivity contribution >= 4 is 22.6 Å². The van der Waals surface area contributed by atoms with E-state index in [0.717, 1.165) is 35.3 Å². The monoisotopic (exact) mass is 413 g/mol. The average molecular weight is 413 g/mol. The lowest BCUT2D eigenvalue weighted by Gasteiger charge is -2.25. The Hall–Kier alpha value is -3.81. The van der Waals surface area contributed by atoms with Gasteiger partial charge in [-0.15, -0.1) is 0 Å². The summed E-state index contributed by atoms with van der Waals surface area (Å²) in [5.74, 6) is 1.32. The molecule has 1 atom stereocenters. The third-order valence-corrected chi connectivity index (χ3v) is 5.68. The average Bonchev–Trinajstić information content (AvgIpc) is 3.27. The molecule has 0 spiro atoms. The molecule has 5 rings (SSSR count). The molecule has 0 aliphatic heterocycles. The number of fused-ring (bicyclic) bond motifs is 2. The number of rotatable bonds is 5. The number of benzene rings is 1. The van der Waals surface area contributed by atoms with Crippen LogP contribution in [0.4, 0.5) is 5.82 Å². The predicted molar refractivity (Wildman–Crippen MR) is 120 cm³/mol. The van der Waals surface area contributed by atoms with Crippen molar-refractivity contribution in [2.75, 3.05) is 5.32 Å². The smallest absolute Gasteiger partial charge is 0.265 e. The largest absolute Gasteiger partial charge is 0.358 e. The van der Waals surface area contributed by atoms with Gasteiger partial charge in [0.25, 0.3) is 5.56 Å². The minimum atomic E-state index is -0.231. The maximum atomic E-state index is 13.7. The first-order valence-corrected chi connectivity index (χ1v) is 10.5. The van der Waals surface area contributed by atoms with Crippen molar-refractivity contribution in [2.24, 2.45) is 0 Å². The van der Waals surface area contributed by atoms with Crippen molar-refractivity contribution in [1.29, 1.82) is 0 Å². The summed E-state index contributed by atoms with van der Waals surface area (Å²) < 4.78 is 1.73. The summed E-state index contributed by atoms with van der Waals surface area (Å²) in [6.07, 6.45) is 7.57. The Labute approximate surface area is 179 Å². The van der Waals surface area contributed by atoms with Gasteiger partial charge >= 0.3 is 0 Å². The number of nitrogens with one attached hydrogen (secondary N) is 2. The summed E-state index contributed by atoms with van der Waals surface area (Å²) in [7, 11) is 0. The summed E-state index contributed by atoms with van der Waals surface area (Å²) in [6.45, 7) is 4.05. The second kappa shape index (κ2) is 7.79. The number of aryl methyl sites for hydroxylation is 1. The molecule has 0 bridgehead atoms. The van der Waals surface area contributed by atoms with Gasteiger partial charge < -0.3 is 10.3 Å². The second-order valence-electron chi connectivity index (χ2n) is 7.62. The predicted octanol–water partition coefficient (Wildman–Crippen LogP) is 3.81. The Bertz CT molecular complexity index is 1340. The molecule has 8 heteroatoms. The summed E-state index contributed by atoms with van der Waals surface area (Å²) in [4.78, 5) is 34.6. The van der Waals surface area contributed by atoms with Gasteiger partial charge in [-0.3, -0.25) is 9.36 Å². The molecule has 0 saturated carbocycles. The molecule has 0 amide bonds. The molecule has 2 N–H and O–H groups in total. The minimum Gasteiger partial charge on any atom is -0.358 e. The van der Waals surface area contributed by atoms with Gasteiger partial charge in [0.15, 0.2) is 11.5 Å². The lowest BCUT2D eigenvalue weighted by molar-refractivity contribution is 0.639. The molecule has 1 aromatic carbocycles. The number of anilines is 1. The molecule has 8 nitrogen and oxygen atoms in total. The highest BCUT2D eigenvalue weighted by molar-refractivity contribution is 5.82. The van der Waals surface area contributed by atoms with Crippen molar-refractivity contribution in [3.05, 3.63) is 76.5 Å². The Morgan fingerprint density at radius 1 is 1.19 bits per heavy atom. The van der Waals surface area contributed by atoms with Crippen LogP contribution in [-0.2, 0) is 6.42 Å². The standard InChI is InChI=1S/C23H23N7O/c1-3-16(28-21-19-20(25-12-24-19)26-13-27-21)22-29-17-11-7-8-14(2)18(17)23(31)30(22)15-9-5-4-6-10-15/h4-6,8-10,12-13,16H,3,7,11H2,1-2H3,(H2,24,25,26,27,28)/t16-/m0/s1. The van der Waals surface area contributed by atoms with Gasteiger partial charge in [-0.2, -0.15) is 0 Å². The van der Waals surface area contributed by atoms with Crippen LogP contribution in [0.1, 0.15) is 49.8 Å². The Kier molecular flexibility index (Phi) is 4.82. The zero-order valence-electron chi connectivity index (χ0n) is 17.5. The van der Waals surface area contributed by atoms with E-state index in [0.29, 0.717) is 29.3 Å². The topological polar surface area (TPSA) is 101 Å². The molecule has 1 aliphatic carbocycles. The molecule has 156 valence electrons. The third-order valence-electron chi connectivity index (χ3n) is 5.68. The molecule has 0 fully saturated rings.